The Balaban J connectivity index is 0. The molecular weight excluding hydrogens is 814 g/mol. The second kappa shape index (κ2) is 98.0. The molecule has 0 N–H and O–H groups in total. The molecule has 0 spiro atoms. The van der Waals surface area contributed by atoms with Crippen LogP contribution in [0.5, 0.6) is 0 Å². The van der Waals surface area contributed by atoms with Gasteiger partial charge in [0, 0.05) is 0 Å². The Labute approximate surface area is 312 Å². The van der Waals surface area contributed by atoms with Gasteiger partial charge < -0.3 is 94.5 Å². The van der Waals surface area contributed by atoms with Gasteiger partial charge in [0.25, 0.3) is 0 Å². The summed E-state index contributed by atoms with van der Waals surface area (Å²) in [4.78, 5) is 0. The maximum absolute atomic E-state index is 0. The molecule has 13 heteroatoms. The van der Waals surface area contributed by atoms with Crippen LogP contribution < -0.4 is 0 Å². The van der Waals surface area contributed by atoms with Gasteiger partial charge in [-0.3, -0.25) is 0 Å². The molecule has 0 aliphatic carbocycles. The van der Waals surface area contributed by atoms with Gasteiger partial charge in [-0.1, -0.05) is 0 Å². The Morgan fingerprint density at radius 2 is 0.308 bits per heavy atom. The molecule has 0 unspecified atom stereocenters. The van der Waals surface area contributed by atoms with Crippen LogP contribution in [0.4, 0.5) is 0 Å². The minimum Gasteiger partial charge on any atom is -2.00 e. The smallest absolute Gasteiger partial charge is 2.00 e. The van der Waals surface area contributed by atoms with Crippen molar-refractivity contribution in [2.45, 2.75) is 0 Å². The van der Waals surface area contributed by atoms with Crippen molar-refractivity contribution in [2.24, 2.45) is 0 Å². The van der Waals surface area contributed by atoms with Crippen LogP contribution in [-0.2, 0) is 94.5 Å². The van der Waals surface area contributed by atoms with Gasteiger partial charge in [0.1, 0.15) is 0 Å². The van der Waals surface area contributed by atoms with E-state index in [1.165, 1.54) is 0 Å². The van der Waals surface area contributed by atoms with E-state index in [1.807, 2.05) is 0 Å². The quantitative estimate of drug-likeness (QED) is 0.242. The van der Waals surface area contributed by atoms with Crippen molar-refractivity contribution in [3.05, 3.63) is 0 Å². The summed E-state index contributed by atoms with van der Waals surface area (Å²) in [6, 6.07) is 0. The Morgan fingerprint density at radius 1 is 0.308 bits per heavy atom. The van der Waals surface area contributed by atoms with Crippen molar-refractivity contribution < 1.29 is 0 Å². The Hall–Kier alpha value is 9.83. The summed E-state index contributed by atoms with van der Waals surface area (Å²) in [5.74, 6) is 0. The first-order chi connectivity index (χ1) is 0. The third kappa shape index (κ3) is 88.9. The van der Waals surface area contributed by atoms with Crippen LogP contribution in [0.25, 0.3) is 0 Å². The fraction of sp³-hybridized carbons (Fsp3) is 0. The van der Waals surface area contributed by atoms with Crippen molar-refractivity contribution in [1.82, 2.24) is 0 Å². The van der Waals surface area contributed by atoms with Crippen molar-refractivity contribution in [3.8, 4) is 0 Å². The minimum absolute atomic E-state index is 0. The summed E-state index contributed by atoms with van der Waals surface area (Å²) in [5.41, 5.74) is 0. The summed E-state index contributed by atoms with van der Waals surface area (Å²) in [6.45, 7) is 0. The van der Waals surface area contributed by atoms with E-state index in [-0.39, 0.29) is 323 Å². The molecule has 0 rings (SSSR count). The monoisotopic (exact) mass is 813 g/mol. The van der Waals surface area contributed by atoms with E-state index in [2.05, 4.69) is 0 Å². The fourth-order valence-electron chi connectivity index (χ4n) is 0. The SMILES string of the molecule is [Ba+2].[Ba+2].[Ga+3].[Ga+3].[S-2].[S-2].[S-2].[S-2].[S-2].[S-2].[S-2].[Sr+2].[Sr+2]. The van der Waals surface area contributed by atoms with Crippen LogP contribution in [0, 0.1) is 0 Å². The average molecular weight is 814 g/mol. The van der Waals surface area contributed by atoms with E-state index in [1.54, 1.807) is 0 Å². The Kier molecular flexibility index (Phi) is 849. The van der Waals surface area contributed by atoms with Crippen LogP contribution in [0.3, 0.4) is 0 Å². The molecule has 0 fully saturated rings. The molecular formula is Ba2Ga2S7Sr2. The molecule has 0 saturated heterocycles. The minimum atomic E-state index is 0. The topological polar surface area (TPSA) is 0 Å². The number of hydrogen-bond acceptors (Lipinski definition) is 0. The number of rotatable bonds is 0. The largest absolute Gasteiger partial charge is 3.00 e. The maximum atomic E-state index is 0. The summed E-state index contributed by atoms with van der Waals surface area (Å²) < 4.78 is 0. The first-order valence-corrected chi connectivity index (χ1v) is 0. The fourth-order valence-corrected chi connectivity index (χ4v) is 0. The van der Waals surface area contributed by atoms with Gasteiger partial charge in [0.05, 0.1) is 0 Å². The molecule has 0 aromatic heterocycles. The third-order valence-corrected chi connectivity index (χ3v) is 0. The summed E-state index contributed by atoms with van der Waals surface area (Å²) in [7, 11) is 0. The Bertz CT molecular complexity index is 22.5. The van der Waals surface area contributed by atoms with Crippen molar-refractivity contribution in [3.63, 3.8) is 0 Å². The molecule has 0 bridgehead atoms. The van der Waals surface area contributed by atoms with Crippen LogP contribution in [0.15, 0.2) is 0 Å². The van der Waals surface area contributed by atoms with Gasteiger partial charge in [0.15, 0.2) is 0 Å². The van der Waals surface area contributed by atoms with Gasteiger partial charge in [-0.2, -0.15) is 0 Å². The zero-order valence-corrected chi connectivity index (χ0v) is 33.2. The average Bonchev–Trinajstić information content (AvgIpc) is 0. The van der Waals surface area contributed by atoms with Gasteiger partial charge in [-0.15, -0.1) is 0 Å². The van der Waals surface area contributed by atoms with Crippen molar-refractivity contribution in [1.29, 1.82) is 0 Å². The molecule has 0 aliphatic rings. The summed E-state index contributed by atoms with van der Waals surface area (Å²) in [5, 5.41) is 0. The zero-order valence-electron chi connectivity index (χ0n) is 6.84. The molecule has 0 aromatic carbocycles. The molecule has 0 aromatic rings. The molecule has 0 heterocycles. The van der Waals surface area contributed by atoms with Gasteiger partial charge in [0.2, 0.25) is 0 Å². The van der Waals surface area contributed by atoms with E-state index >= 15 is 0 Å². The normalized spacial score (nSPS) is 0. The van der Waals surface area contributed by atoms with E-state index in [4.69, 9.17) is 0 Å². The van der Waals surface area contributed by atoms with Crippen LogP contribution in [0.2, 0.25) is 0 Å². The molecule has 56 valence electrons. The molecule has 0 saturated carbocycles. The van der Waals surface area contributed by atoms with E-state index in [0.717, 1.165) is 0 Å². The van der Waals surface area contributed by atoms with Crippen LogP contribution >= 0.6 is 0 Å². The first kappa shape index (κ1) is 113. The molecule has 0 amide bonds. The third-order valence-electron chi connectivity index (χ3n) is 0. The van der Waals surface area contributed by atoms with Gasteiger partial charge >= 0.3 is 228 Å². The molecule has 0 atom stereocenters. The van der Waals surface area contributed by atoms with Crippen LogP contribution in [-0.4, -0.2) is 228 Å². The first-order valence-electron chi connectivity index (χ1n) is 0. The maximum Gasteiger partial charge on any atom is 3.00 e. The second-order valence-corrected chi connectivity index (χ2v) is 0. The van der Waals surface area contributed by atoms with Gasteiger partial charge in [-0.05, 0) is 0 Å². The van der Waals surface area contributed by atoms with Gasteiger partial charge in [-0.25, -0.2) is 0 Å². The molecule has 13 heavy (non-hydrogen) atoms. The van der Waals surface area contributed by atoms with E-state index < -0.39 is 0 Å². The van der Waals surface area contributed by atoms with Crippen LogP contribution in [0.1, 0.15) is 0 Å². The predicted molar refractivity (Wildman–Crippen MR) is 86.1 cm³/mol. The number of hydrogen-bond donors (Lipinski definition) is 0. The second-order valence-electron chi connectivity index (χ2n) is 0. The summed E-state index contributed by atoms with van der Waals surface area (Å²) >= 11 is 0. The standard InChI is InChI=1S/2Ba.2Ga.7S.2Sr/q2*+2;2*+3;7*-2;2*+2. The van der Waals surface area contributed by atoms with Crippen molar-refractivity contribution in [2.75, 3.05) is 0 Å². The van der Waals surface area contributed by atoms with Crippen molar-refractivity contribution >= 4 is 323 Å². The molecule has 0 nitrogen and oxygen atoms in total. The van der Waals surface area contributed by atoms with E-state index in [0.29, 0.717) is 0 Å². The predicted octanol–water partition coefficient (Wildman–Crippen LogP) is -2.30. The zero-order chi connectivity index (χ0) is 0. The van der Waals surface area contributed by atoms with E-state index in [9.17, 15) is 0 Å². The molecule has 0 radical (unpaired) electrons. The Morgan fingerprint density at radius 3 is 0.308 bits per heavy atom. The molecule has 0 aliphatic heterocycles. The summed E-state index contributed by atoms with van der Waals surface area (Å²) in [6.07, 6.45) is 0.